The molecule has 0 aromatic rings. The van der Waals surface area contributed by atoms with Crippen molar-refractivity contribution < 1.29 is 0 Å². The van der Waals surface area contributed by atoms with Crippen molar-refractivity contribution in [3.8, 4) is 0 Å². The number of hydrogen-bond acceptors (Lipinski definition) is 0. The van der Waals surface area contributed by atoms with E-state index in [1.807, 2.05) is 0 Å². The summed E-state index contributed by atoms with van der Waals surface area (Å²) in [5.41, 5.74) is 0.976. The van der Waals surface area contributed by atoms with Gasteiger partial charge in [-0.2, -0.15) is 0 Å². The van der Waals surface area contributed by atoms with Crippen molar-refractivity contribution in [3.05, 3.63) is 0 Å². The monoisotopic (exact) mass is 256 g/mol. The lowest BCUT2D eigenvalue weighted by molar-refractivity contribution is 0.146. The predicted octanol–water partition coefficient (Wildman–Crippen LogP) is 6.20. The van der Waals surface area contributed by atoms with Crippen LogP contribution in [0.25, 0.3) is 0 Å². The average molecular weight is 257 g/mol. The molecule has 0 saturated heterocycles. The summed E-state index contributed by atoms with van der Waals surface area (Å²) < 4.78 is 0. The van der Waals surface area contributed by atoms with Crippen molar-refractivity contribution in [2.24, 2.45) is 16.7 Å². The van der Waals surface area contributed by atoms with E-state index in [9.17, 15) is 0 Å². The van der Waals surface area contributed by atoms with E-state index in [1.54, 1.807) is 0 Å². The van der Waals surface area contributed by atoms with Gasteiger partial charge in [0.05, 0.1) is 0 Å². The number of hydrogen-bond donors (Lipinski definition) is 0. The molecule has 0 radical (unpaired) electrons. The molecule has 0 fully saturated rings. The standard InChI is InChI=1S/C16H36Si/c1-10-16(5,6)13-14(15(2,3)4)11-12-17(7,8)9/h14H,10-13H2,1-9H3. The Morgan fingerprint density at radius 3 is 1.71 bits per heavy atom. The quantitative estimate of drug-likeness (QED) is 0.496. The van der Waals surface area contributed by atoms with Gasteiger partial charge < -0.3 is 0 Å². The van der Waals surface area contributed by atoms with Crippen LogP contribution in [0.5, 0.6) is 0 Å². The first kappa shape index (κ1) is 17.2. The van der Waals surface area contributed by atoms with Gasteiger partial charge in [-0.05, 0) is 23.2 Å². The smallest absolute Gasteiger partial charge is 0.0442 e. The van der Waals surface area contributed by atoms with E-state index in [4.69, 9.17) is 0 Å². The van der Waals surface area contributed by atoms with Crippen molar-refractivity contribution in [1.29, 1.82) is 0 Å². The first-order valence-electron chi connectivity index (χ1n) is 7.37. The normalized spacial score (nSPS) is 16.1. The molecule has 0 aliphatic carbocycles. The van der Waals surface area contributed by atoms with Gasteiger partial charge >= 0.3 is 0 Å². The van der Waals surface area contributed by atoms with Crippen molar-refractivity contribution >= 4 is 8.07 Å². The SMILES string of the molecule is CCC(C)(C)CC(CC[Si](C)(C)C)C(C)(C)C. The lowest BCUT2D eigenvalue weighted by atomic mass is 9.69. The zero-order chi connectivity index (χ0) is 13.9. The third-order valence-electron chi connectivity index (χ3n) is 4.22. The summed E-state index contributed by atoms with van der Waals surface area (Å²) in [6.07, 6.45) is 4.12. The third kappa shape index (κ3) is 8.02. The molecule has 1 heteroatoms. The maximum absolute atomic E-state index is 2.50. The Kier molecular flexibility index (Phi) is 5.98. The predicted molar refractivity (Wildman–Crippen MR) is 84.4 cm³/mol. The summed E-state index contributed by atoms with van der Waals surface area (Å²) in [4.78, 5) is 0. The van der Waals surface area contributed by atoms with E-state index in [1.165, 1.54) is 25.3 Å². The van der Waals surface area contributed by atoms with Gasteiger partial charge in [0, 0.05) is 8.07 Å². The van der Waals surface area contributed by atoms with Gasteiger partial charge in [0.1, 0.15) is 0 Å². The minimum absolute atomic E-state index is 0.464. The molecule has 17 heavy (non-hydrogen) atoms. The summed E-state index contributed by atoms with van der Waals surface area (Å²) in [6.45, 7) is 22.0. The van der Waals surface area contributed by atoms with E-state index >= 15 is 0 Å². The fraction of sp³-hybridized carbons (Fsp3) is 1.00. The van der Waals surface area contributed by atoms with E-state index in [2.05, 4.69) is 61.2 Å². The summed E-state index contributed by atoms with van der Waals surface area (Å²) >= 11 is 0. The van der Waals surface area contributed by atoms with Crippen LogP contribution in [0.2, 0.25) is 25.7 Å². The molecule has 0 saturated carbocycles. The highest BCUT2D eigenvalue weighted by molar-refractivity contribution is 6.76. The van der Waals surface area contributed by atoms with E-state index in [0.717, 1.165) is 5.92 Å². The molecule has 0 aliphatic rings. The van der Waals surface area contributed by atoms with Gasteiger partial charge in [-0.15, -0.1) is 0 Å². The molecule has 104 valence electrons. The molecule has 0 bridgehead atoms. The van der Waals surface area contributed by atoms with Crippen LogP contribution in [0, 0.1) is 16.7 Å². The highest BCUT2D eigenvalue weighted by Crippen LogP contribution is 2.41. The van der Waals surface area contributed by atoms with E-state index < -0.39 is 8.07 Å². The van der Waals surface area contributed by atoms with Crippen molar-refractivity contribution in [2.75, 3.05) is 0 Å². The van der Waals surface area contributed by atoms with Gasteiger partial charge in [-0.1, -0.05) is 80.1 Å². The van der Waals surface area contributed by atoms with Crippen LogP contribution in [0.1, 0.15) is 60.8 Å². The Morgan fingerprint density at radius 2 is 1.41 bits per heavy atom. The lowest BCUT2D eigenvalue weighted by Gasteiger charge is -2.38. The highest BCUT2D eigenvalue weighted by Gasteiger charge is 2.31. The topological polar surface area (TPSA) is 0 Å². The Hall–Kier alpha value is 0.217. The fourth-order valence-corrected chi connectivity index (χ4v) is 3.47. The summed E-state index contributed by atoms with van der Waals surface area (Å²) in [6, 6.07) is 1.48. The largest absolute Gasteiger partial charge is 0.0695 e. The van der Waals surface area contributed by atoms with E-state index in [-0.39, 0.29) is 0 Å². The van der Waals surface area contributed by atoms with Crippen LogP contribution >= 0.6 is 0 Å². The van der Waals surface area contributed by atoms with Gasteiger partial charge in [0.2, 0.25) is 0 Å². The summed E-state index contributed by atoms with van der Waals surface area (Å²) in [5.74, 6) is 0.879. The minimum atomic E-state index is -0.884. The molecular formula is C16H36Si. The average Bonchev–Trinajstić information content (AvgIpc) is 2.09. The molecule has 0 spiro atoms. The highest BCUT2D eigenvalue weighted by atomic mass is 28.3. The molecule has 0 N–H and O–H groups in total. The second kappa shape index (κ2) is 5.91. The Morgan fingerprint density at radius 1 is 0.941 bits per heavy atom. The first-order valence-corrected chi connectivity index (χ1v) is 11.1. The maximum Gasteiger partial charge on any atom is 0.0442 e. The molecular weight excluding hydrogens is 220 g/mol. The van der Waals surface area contributed by atoms with Crippen LogP contribution < -0.4 is 0 Å². The molecule has 0 nitrogen and oxygen atoms in total. The van der Waals surface area contributed by atoms with Gasteiger partial charge in [-0.3, -0.25) is 0 Å². The zero-order valence-electron chi connectivity index (χ0n) is 13.9. The van der Waals surface area contributed by atoms with Crippen molar-refractivity contribution in [1.82, 2.24) is 0 Å². The van der Waals surface area contributed by atoms with Crippen LogP contribution in [0.15, 0.2) is 0 Å². The molecule has 0 amide bonds. The molecule has 0 aliphatic heterocycles. The third-order valence-corrected chi connectivity index (χ3v) is 6.01. The van der Waals surface area contributed by atoms with E-state index in [0.29, 0.717) is 10.8 Å². The minimum Gasteiger partial charge on any atom is -0.0695 e. The Bertz CT molecular complexity index is 215. The van der Waals surface area contributed by atoms with Crippen LogP contribution in [0.3, 0.4) is 0 Å². The van der Waals surface area contributed by atoms with Crippen molar-refractivity contribution in [2.45, 2.75) is 86.5 Å². The van der Waals surface area contributed by atoms with Crippen LogP contribution in [-0.2, 0) is 0 Å². The molecule has 0 aromatic carbocycles. The lowest BCUT2D eigenvalue weighted by Crippen LogP contribution is -2.29. The Balaban J connectivity index is 4.58. The second-order valence-electron chi connectivity index (χ2n) is 8.88. The first-order chi connectivity index (χ1) is 7.37. The second-order valence-corrected chi connectivity index (χ2v) is 14.5. The number of rotatable bonds is 6. The van der Waals surface area contributed by atoms with Crippen molar-refractivity contribution in [3.63, 3.8) is 0 Å². The molecule has 1 unspecified atom stereocenters. The molecule has 0 rings (SSSR count). The Labute approximate surface area is 112 Å². The van der Waals surface area contributed by atoms with Crippen LogP contribution in [0.4, 0.5) is 0 Å². The fourth-order valence-electron chi connectivity index (χ4n) is 2.26. The molecule has 0 heterocycles. The summed E-state index contributed by atoms with van der Waals surface area (Å²) in [5, 5.41) is 0. The molecule has 0 aromatic heterocycles. The summed E-state index contributed by atoms with van der Waals surface area (Å²) in [7, 11) is -0.884. The molecule has 1 atom stereocenters. The zero-order valence-corrected chi connectivity index (χ0v) is 14.9. The van der Waals surface area contributed by atoms with Gasteiger partial charge in [-0.25, -0.2) is 0 Å². The van der Waals surface area contributed by atoms with Gasteiger partial charge in [0.25, 0.3) is 0 Å². The van der Waals surface area contributed by atoms with Gasteiger partial charge in [0.15, 0.2) is 0 Å². The maximum atomic E-state index is 2.50. The van der Waals surface area contributed by atoms with Crippen LogP contribution in [-0.4, -0.2) is 8.07 Å².